The maximum absolute atomic E-state index is 11.8. The molecule has 4 N–H and O–H groups in total. The van der Waals surface area contributed by atoms with Crippen molar-refractivity contribution in [2.45, 2.75) is 27.2 Å². The average Bonchev–Trinajstić information content (AvgIpc) is 2.71. The minimum absolute atomic E-state index is 0.0374. The molecule has 0 saturated carbocycles. The van der Waals surface area contributed by atoms with E-state index in [4.69, 9.17) is 5.84 Å². The number of nitrogen functional groups attached to an aromatic ring is 1. The van der Waals surface area contributed by atoms with Crippen LogP contribution in [0.25, 0.3) is 10.2 Å². The molecule has 0 atom stereocenters. The molecular weight excluding hydrogens is 260 g/mol. The molecule has 5 nitrogen and oxygen atoms in total. The minimum Gasteiger partial charge on any atom is -0.326 e. The molecule has 1 amide bonds. The van der Waals surface area contributed by atoms with Crippen molar-refractivity contribution in [3.05, 3.63) is 17.7 Å². The van der Waals surface area contributed by atoms with E-state index in [0.29, 0.717) is 17.5 Å². The topological polar surface area (TPSA) is 80.0 Å². The molecule has 0 bridgehead atoms. The van der Waals surface area contributed by atoms with Gasteiger partial charge in [0, 0.05) is 12.1 Å². The third-order valence-electron chi connectivity index (χ3n) is 2.69. The molecule has 0 radical (unpaired) electrons. The van der Waals surface area contributed by atoms with E-state index in [1.165, 1.54) is 11.3 Å². The molecule has 0 spiro atoms. The van der Waals surface area contributed by atoms with E-state index in [9.17, 15) is 4.79 Å². The van der Waals surface area contributed by atoms with Crippen LogP contribution in [0.1, 0.15) is 25.8 Å². The molecule has 1 aromatic heterocycles. The summed E-state index contributed by atoms with van der Waals surface area (Å²) < 4.78 is 1.01. The number of nitrogens with one attached hydrogen (secondary N) is 2. The smallest absolute Gasteiger partial charge is 0.224 e. The van der Waals surface area contributed by atoms with Gasteiger partial charge in [0.05, 0.1) is 10.2 Å². The molecule has 1 heterocycles. The van der Waals surface area contributed by atoms with Gasteiger partial charge in [0.25, 0.3) is 0 Å². The number of hydrazine groups is 1. The number of fused-ring (bicyclic) bond motifs is 1. The standard InChI is InChI=1S/C13H18N4OS/c1-7(2)4-11(18)15-9-5-8(3)12-10(6-9)19-13(16-12)17-14/h5-7H,4,14H2,1-3H3,(H,15,18)(H,16,17). The van der Waals surface area contributed by atoms with Gasteiger partial charge >= 0.3 is 0 Å². The first-order valence-electron chi connectivity index (χ1n) is 6.17. The fraction of sp³-hybridized carbons (Fsp3) is 0.385. The maximum Gasteiger partial charge on any atom is 0.224 e. The van der Waals surface area contributed by atoms with Crippen LogP contribution >= 0.6 is 11.3 Å². The SMILES string of the molecule is Cc1cc(NC(=O)CC(C)C)cc2sc(NN)nc12. The molecule has 0 saturated heterocycles. The molecule has 2 aromatic rings. The van der Waals surface area contributed by atoms with Gasteiger partial charge < -0.3 is 5.32 Å². The molecule has 0 fully saturated rings. The Morgan fingerprint density at radius 2 is 2.21 bits per heavy atom. The maximum atomic E-state index is 11.8. The Morgan fingerprint density at radius 1 is 1.47 bits per heavy atom. The van der Waals surface area contributed by atoms with E-state index >= 15 is 0 Å². The van der Waals surface area contributed by atoms with Gasteiger partial charge in [-0.25, -0.2) is 10.8 Å². The third kappa shape index (κ3) is 3.21. The van der Waals surface area contributed by atoms with Gasteiger partial charge in [-0.05, 0) is 30.5 Å². The Labute approximate surface area is 116 Å². The van der Waals surface area contributed by atoms with Crippen LogP contribution < -0.4 is 16.6 Å². The first-order chi connectivity index (χ1) is 8.99. The van der Waals surface area contributed by atoms with Gasteiger partial charge in [0.2, 0.25) is 5.91 Å². The second-order valence-corrected chi connectivity index (χ2v) is 5.98. The fourth-order valence-corrected chi connectivity index (χ4v) is 2.81. The normalized spacial score (nSPS) is 11.0. The summed E-state index contributed by atoms with van der Waals surface area (Å²) in [6.45, 7) is 6.02. The van der Waals surface area contributed by atoms with Gasteiger partial charge in [-0.3, -0.25) is 10.2 Å². The van der Waals surface area contributed by atoms with Crippen molar-refractivity contribution < 1.29 is 4.79 Å². The second-order valence-electron chi connectivity index (χ2n) is 4.95. The number of aryl methyl sites for hydroxylation is 1. The van der Waals surface area contributed by atoms with Crippen molar-refractivity contribution in [2.75, 3.05) is 10.7 Å². The van der Waals surface area contributed by atoms with E-state index in [1.807, 2.05) is 32.9 Å². The average molecular weight is 278 g/mol. The van der Waals surface area contributed by atoms with Gasteiger partial charge in [0.15, 0.2) is 5.13 Å². The van der Waals surface area contributed by atoms with Gasteiger partial charge in [0.1, 0.15) is 0 Å². The largest absolute Gasteiger partial charge is 0.326 e. The minimum atomic E-state index is 0.0374. The molecule has 102 valence electrons. The molecule has 6 heteroatoms. The summed E-state index contributed by atoms with van der Waals surface area (Å²) in [4.78, 5) is 16.1. The Bertz CT molecular complexity index is 606. The van der Waals surface area contributed by atoms with E-state index in [0.717, 1.165) is 21.5 Å². The zero-order valence-electron chi connectivity index (χ0n) is 11.3. The van der Waals surface area contributed by atoms with Crippen LogP contribution in [0.3, 0.4) is 0 Å². The number of nitrogens with two attached hydrogens (primary N) is 1. The number of hydrogen-bond acceptors (Lipinski definition) is 5. The van der Waals surface area contributed by atoms with Crippen molar-refractivity contribution in [2.24, 2.45) is 11.8 Å². The van der Waals surface area contributed by atoms with E-state index in [1.54, 1.807) is 0 Å². The molecule has 0 aliphatic carbocycles. The summed E-state index contributed by atoms with van der Waals surface area (Å²) in [5, 5.41) is 3.59. The van der Waals surface area contributed by atoms with Gasteiger partial charge in [-0.2, -0.15) is 0 Å². The quantitative estimate of drug-likeness (QED) is 0.593. The lowest BCUT2D eigenvalue weighted by Gasteiger charge is -2.08. The Hall–Kier alpha value is -1.66. The van der Waals surface area contributed by atoms with Crippen molar-refractivity contribution >= 4 is 38.3 Å². The first-order valence-corrected chi connectivity index (χ1v) is 6.99. The number of anilines is 2. The summed E-state index contributed by atoms with van der Waals surface area (Å²) in [6.07, 6.45) is 0.523. The zero-order valence-corrected chi connectivity index (χ0v) is 12.1. The second kappa shape index (κ2) is 5.54. The van der Waals surface area contributed by atoms with Crippen molar-refractivity contribution in [1.29, 1.82) is 0 Å². The van der Waals surface area contributed by atoms with Crippen molar-refractivity contribution in [1.82, 2.24) is 4.98 Å². The third-order valence-corrected chi connectivity index (χ3v) is 3.62. The summed E-state index contributed by atoms with van der Waals surface area (Å²) in [5.74, 6) is 5.75. The molecule has 19 heavy (non-hydrogen) atoms. The van der Waals surface area contributed by atoms with Crippen LogP contribution in [0.4, 0.5) is 10.8 Å². The van der Waals surface area contributed by atoms with E-state index in [-0.39, 0.29) is 5.91 Å². The first kappa shape index (κ1) is 13.8. The molecule has 0 aliphatic rings. The van der Waals surface area contributed by atoms with E-state index < -0.39 is 0 Å². The number of carbonyl (C=O) groups is 1. The number of rotatable bonds is 4. The van der Waals surface area contributed by atoms with Gasteiger partial charge in [-0.15, -0.1) is 0 Å². The van der Waals surface area contributed by atoms with Crippen LogP contribution in [0.15, 0.2) is 12.1 Å². The van der Waals surface area contributed by atoms with Crippen LogP contribution in [-0.4, -0.2) is 10.9 Å². The lowest BCUT2D eigenvalue weighted by atomic mass is 10.1. The highest BCUT2D eigenvalue weighted by atomic mass is 32.1. The van der Waals surface area contributed by atoms with Crippen LogP contribution in [0.5, 0.6) is 0 Å². The molecule has 0 unspecified atom stereocenters. The number of carbonyl (C=O) groups excluding carboxylic acids is 1. The lowest BCUT2D eigenvalue weighted by Crippen LogP contribution is -2.13. The van der Waals surface area contributed by atoms with Crippen LogP contribution in [-0.2, 0) is 4.79 Å². The number of hydrogen-bond donors (Lipinski definition) is 3. The number of aromatic nitrogens is 1. The molecule has 1 aromatic carbocycles. The van der Waals surface area contributed by atoms with Crippen molar-refractivity contribution in [3.63, 3.8) is 0 Å². The predicted molar refractivity (Wildman–Crippen MR) is 80.3 cm³/mol. The Morgan fingerprint density at radius 3 is 2.84 bits per heavy atom. The fourth-order valence-electron chi connectivity index (χ4n) is 1.91. The molecule has 0 aliphatic heterocycles. The van der Waals surface area contributed by atoms with Crippen molar-refractivity contribution in [3.8, 4) is 0 Å². The lowest BCUT2D eigenvalue weighted by molar-refractivity contribution is -0.116. The number of thiazole rings is 1. The van der Waals surface area contributed by atoms with Gasteiger partial charge in [-0.1, -0.05) is 25.2 Å². The highest BCUT2D eigenvalue weighted by Gasteiger charge is 2.10. The zero-order chi connectivity index (χ0) is 14.0. The predicted octanol–water partition coefficient (Wildman–Crippen LogP) is 2.87. The monoisotopic (exact) mass is 278 g/mol. The molecule has 2 rings (SSSR count). The van der Waals surface area contributed by atoms with E-state index in [2.05, 4.69) is 15.7 Å². The van der Waals surface area contributed by atoms with Crippen LogP contribution in [0.2, 0.25) is 0 Å². The van der Waals surface area contributed by atoms with Crippen LogP contribution in [0, 0.1) is 12.8 Å². The Kier molecular flexibility index (Phi) is 4.01. The summed E-state index contributed by atoms with van der Waals surface area (Å²) >= 11 is 1.47. The highest BCUT2D eigenvalue weighted by Crippen LogP contribution is 2.30. The number of benzene rings is 1. The summed E-state index contributed by atoms with van der Waals surface area (Å²) in [5.41, 5.74) is 5.30. The number of nitrogens with zero attached hydrogens (tertiary/aromatic N) is 1. The molecular formula is C13H18N4OS. The highest BCUT2D eigenvalue weighted by molar-refractivity contribution is 7.22. The number of amides is 1. The summed E-state index contributed by atoms with van der Waals surface area (Å²) in [7, 11) is 0. The Balaban J connectivity index is 2.27. The summed E-state index contributed by atoms with van der Waals surface area (Å²) in [6, 6.07) is 3.86.